The third kappa shape index (κ3) is 3.14. The van der Waals surface area contributed by atoms with E-state index in [0.717, 1.165) is 12.1 Å². The number of non-ortho nitro benzene ring substituents is 1. The molecular formula is C12H13NO9. The van der Waals surface area contributed by atoms with Crippen LogP contribution in [0, 0.1) is 10.1 Å². The first kappa shape index (κ1) is 16.1. The molecule has 120 valence electrons. The Kier molecular flexibility index (Phi) is 4.56. The van der Waals surface area contributed by atoms with Crippen molar-refractivity contribution in [3.8, 4) is 5.75 Å². The van der Waals surface area contributed by atoms with Gasteiger partial charge >= 0.3 is 5.97 Å². The molecule has 0 bridgehead atoms. The zero-order valence-corrected chi connectivity index (χ0v) is 11.0. The average Bonchev–Trinajstić information content (AvgIpc) is 2.48. The molecule has 1 aromatic rings. The molecule has 0 radical (unpaired) electrons. The first-order valence-electron chi connectivity index (χ1n) is 6.15. The van der Waals surface area contributed by atoms with E-state index in [-0.39, 0.29) is 11.4 Å². The Balaban J connectivity index is 2.13. The van der Waals surface area contributed by atoms with E-state index in [1.54, 1.807) is 0 Å². The number of aliphatic carboxylic acids is 1. The molecule has 5 atom stereocenters. The Morgan fingerprint density at radius 1 is 1.14 bits per heavy atom. The molecule has 1 heterocycles. The van der Waals surface area contributed by atoms with Crippen LogP contribution in [0.1, 0.15) is 0 Å². The van der Waals surface area contributed by atoms with Crippen LogP contribution in [0.15, 0.2) is 24.3 Å². The average molecular weight is 315 g/mol. The van der Waals surface area contributed by atoms with E-state index in [2.05, 4.69) is 0 Å². The quantitative estimate of drug-likeness (QED) is 0.398. The van der Waals surface area contributed by atoms with Gasteiger partial charge in [0.2, 0.25) is 6.29 Å². The van der Waals surface area contributed by atoms with Gasteiger partial charge in [-0.25, -0.2) is 4.79 Å². The van der Waals surface area contributed by atoms with E-state index < -0.39 is 41.6 Å². The molecule has 1 aromatic carbocycles. The van der Waals surface area contributed by atoms with Gasteiger partial charge in [0.15, 0.2) is 6.10 Å². The van der Waals surface area contributed by atoms with Crippen molar-refractivity contribution < 1.29 is 39.6 Å². The van der Waals surface area contributed by atoms with E-state index in [0.29, 0.717) is 0 Å². The molecule has 0 amide bonds. The number of carboxylic acid groups (broad SMARTS) is 1. The highest BCUT2D eigenvalue weighted by Crippen LogP contribution is 2.25. The molecule has 0 spiro atoms. The van der Waals surface area contributed by atoms with Crippen molar-refractivity contribution in [2.45, 2.75) is 30.7 Å². The predicted molar refractivity (Wildman–Crippen MR) is 68.0 cm³/mol. The molecule has 1 aliphatic heterocycles. The number of aliphatic hydroxyl groups excluding tert-OH is 3. The van der Waals surface area contributed by atoms with Crippen LogP contribution in [0.25, 0.3) is 0 Å². The number of benzene rings is 1. The summed E-state index contributed by atoms with van der Waals surface area (Å²) in [4.78, 5) is 20.8. The lowest BCUT2D eigenvalue weighted by Gasteiger charge is -2.38. The second-order valence-corrected chi connectivity index (χ2v) is 4.60. The number of aliphatic hydroxyl groups is 3. The van der Waals surface area contributed by atoms with Crippen LogP contribution in [-0.2, 0) is 9.53 Å². The molecule has 0 saturated carbocycles. The zero-order valence-electron chi connectivity index (χ0n) is 11.0. The maximum Gasteiger partial charge on any atom is 0.335 e. The van der Waals surface area contributed by atoms with Crippen LogP contribution in [0.2, 0.25) is 0 Å². The molecule has 0 unspecified atom stereocenters. The van der Waals surface area contributed by atoms with Gasteiger partial charge in [-0.2, -0.15) is 0 Å². The lowest BCUT2D eigenvalue weighted by Crippen LogP contribution is -2.61. The molecule has 10 heteroatoms. The van der Waals surface area contributed by atoms with Crippen LogP contribution in [0.5, 0.6) is 5.75 Å². The van der Waals surface area contributed by atoms with Crippen molar-refractivity contribution in [2.24, 2.45) is 0 Å². The van der Waals surface area contributed by atoms with E-state index >= 15 is 0 Å². The van der Waals surface area contributed by atoms with Gasteiger partial charge < -0.3 is 29.9 Å². The van der Waals surface area contributed by atoms with Crippen molar-refractivity contribution in [1.82, 2.24) is 0 Å². The van der Waals surface area contributed by atoms with Crippen molar-refractivity contribution in [3.05, 3.63) is 34.4 Å². The summed E-state index contributed by atoms with van der Waals surface area (Å²) in [5, 5.41) is 48.3. The third-order valence-electron chi connectivity index (χ3n) is 3.11. The van der Waals surface area contributed by atoms with Crippen LogP contribution >= 0.6 is 0 Å². The summed E-state index contributed by atoms with van der Waals surface area (Å²) in [5.41, 5.74) is -0.184. The monoisotopic (exact) mass is 315 g/mol. The minimum absolute atomic E-state index is 0.0578. The maximum atomic E-state index is 10.9. The minimum atomic E-state index is -1.82. The van der Waals surface area contributed by atoms with Crippen molar-refractivity contribution in [1.29, 1.82) is 0 Å². The summed E-state index contributed by atoms with van der Waals surface area (Å²) in [5.74, 6) is -1.47. The molecule has 10 nitrogen and oxygen atoms in total. The molecule has 0 aromatic heterocycles. The van der Waals surface area contributed by atoms with Gasteiger partial charge in [0.05, 0.1) is 4.92 Å². The summed E-state index contributed by atoms with van der Waals surface area (Å²) >= 11 is 0. The van der Waals surface area contributed by atoms with E-state index in [1.165, 1.54) is 12.1 Å². The summed E-state index contributed by atoms with van der Waals surface area (Å²) in [6.07, 6.45) is -8.62. The number of hydrogen-bond donors (Lipinski definition) is 4. The van der Waals surface area contributed by atoms with Crippen LogP contribution < -0.4 is 4.74 Å². The van der Waals surface area contributed by atoms with Crippen molar-refractivity contribution in [3.63, 3.8) is 0 Å². The van der Waals surface area contributed by atoms with E-state index in [4.69, 9.17) is 14.6 Å². The molecule has 1 aliphatic rings. The molecule has 0 aliphatic carbocycles. The Bertz CT molecular complexity index is 560. The highest BCUT2D eigenvalue weighted by Gasteiger charge is 2.48. The summed E-state index contributed by atoms with van der Waals surface area (Å²) in [7, 11) is 0. The fourth-order valence-electron chi connectivity index (χ4n) is 1.93. The Morgan fingerprint density at radius 2 is 1.73 bits per heavy atom. The van der Waals surface area contributed by atoms with Gasteiger partial charge in [-0.15, -0.1) is 0 Å². The Hall–Kier alpha value is -2.27. The van der Waals surface area contributed by atoms with Gasteiger partial charge in [0, 0.05) is 12.1 Å². The molecule has 1 saturated heterocycles. The second-order valence-electron chi connectivity index (χ2n) is 4.60. The molecule has 2 rings (SSSR count). The highest BCUT2D eigenvalue weighted by atomic mass is 16.7. The van der Waals surface area contributed by atoms with E-state index in [9.17, 15) is 30.2 Å². The van der Waals surface area contributed by atoms with Crippen LogP contribution in [0.4, 0.5) is 5.69 Å². The predicted octanol–water partition coefficient (Wildman–Crippen LogP) is -1.13. The second kappa shape index (κ2) is 6.23. The van der Waals surface area contributed by atoms with E-state index in [1.807, 2.05) is 0 Å². The number of ether oxygens (including phenoxy) is 2. The number of nitrogens with zero attached hydrogens (tertiary/aromatic N) is 1. The molecular weight excluding hydrogens is 302 g/mol. The maximum absolute atomic E-state index is 10.9. The normalized spacial score (nSPS) is 31.5. The van der Waals surface area contributed by atoms with Crippen LogP contribution in [0.3, 0.4) is 0 Å². The molecule has 4 N–H and O–H groups in total. The molecule has 1 fully saturated rings. The number of hydrogen-bond acceptors (Lipinski definition) is 8. The summed E-state index contributed by atoms with van der Waals surface area (Å²) < 4.78 is 10.1. The minimum Gasteiger partial charge on any atom is -0.479 e. The highest BCUT2D eigenvalue weighted by molar-refractivity contribution is 5.73. The van der Waals surface area contributed by atoms with Gasteiger partial charge in [-0.3, -0.25) is 10.1 Å². The standard InChI is InChI=1S/C12H13NO9/c14-7-8(15)10(11(17)18)22-12(9(7)16)21-6-3-1-5(2-4-6)13(19)20/h1-4,7-10,12,14-16H,(H,17,18)/t7-,8+,9+,10-,12+/m0/s1. The van der Waals surface area contributed by atoms with Gasteiger partial charge in [-0.05, 0) is 12.1 Å². The number of nitro benzene ring substituents is 1. The Labute approximate surface area is 123 Å². The van der Waals surface area contributed by atoms with Crippen molar-refractivity contribution in [2.75, 3.05) is 0 Å². The number of carbonyl (C=O) groups is 1. The fourth-order valence-corrected chi connectivity index (χ4v) is 1.93. The van der Waals surface area contributed by atoms with Gasteiger partial charge in [-0.1, -0.05) is 0 Å². The van der Waals surface area contributed by atoms with Crippen molar-refractivity contribution >= 4 is 11.7 Å². The third-order valence-corrected chi connectivity index (χ3v) is 3.11. The molecule has 22 heavy (non-hydrogen) atoms. The lowest BCUT2D eigenvalue weighted by atomic mass is 9.99. The number of rotatable bonds is 4. The first-order valence-corrected chi connectivity index (χ1v) is 6.15. The van der Waals surface area contributed by atoms with Gasteiger partial charge in [0.1, 0.15) is 24.1 Å². The SMILES string of the molecule is O=C(O)[C@H]1O[C@@H](Oc2ccc([N+](=O)[O-])cc2)[C@H](O)[C@@H](O)[C@H]1O. The van der Waals surface area contributed by atoms with Crippen LogP contribution in [-0.4, -0.2) is 62.0 Å². The van der Waals surface area contributed by atoms with Gasteiger partial charge in [0.25, 0.3) is 5.69 Å². The zero-order chi connectivity index (χ0) is 16.4. The first-order chi connectivity index (χ1) is 10.3. The smallest absolute Gasteiger partial charge is 0.335 e. The summed E-state index contributed by atoms with van der Waals surface area (Å²) in [6, 6.07) is 4.73. The largest absolute Gasteiger partial charge is 0.479 e. The number of nitro groups is 1. The fraction of sp³-hybridized carbons (Fsp3) is 0.417. The summed E-state index contributed by atoms with van der Waals surface area (Å²) in [6.45, 7) is 0. The number of carboxylic acids is 1. The lowest BCUT2D eigenvalue weighted by molar-refractivity contribution is -0.384. The Morgan fingerprint density at radius 3 is 2.23 bits per heavy atom. The topological polar surface area (TPSA) is 160 Å².